The number of benzene rings is 1. The zero-order valence-corrected chi connectivity index (χ0v) is 15.2. The molecule has 1 aliphatic rings. The van der Waals surface area contributed by atoms with Crippen LogP contribution in [0.2, 0.25) is 5.02 Å². The van der Waals surface area contributed by atoms with Gasteiger partial charge in [0.2, 0.25) is 0 Å². The van der Waals surface area contributed by atoms with E-state index >= 15 is 0 Å². The highest BCUT2D eigenvalue weighted by Gasteiger charge is 2.29. The number of carbonyl (C=O) groups excluding carboxylic acids is 1. The topological polar surface area (TPSA) is 88.2 Å². The van der Waals surface area contributed by atoms with Crippen molar-refractivity contribution in [3.8, 4) is 0 Å². The molecule has 1 aliphatic heterocycles. The summed E-state index contributed by atoms with van der Waals surface area (Å²) in [6, 6.07) is 8.61. The Morgan fingerprint density at radius 1 is 1.28 bits per heavy atom. The Labute approximate surface area is 151 Å². The van der Waals surface area contributed by atoms with E-state index in [9.17, 15) is 13.2 Å². The Bertz CT molecular complexity index is 898. The number of rotatable bonds is 4. The molecule has 1 saturated heterocycles. The highest BCUT2D eigenvalue weighted by molar-refractivity contribution is 7.91. The third-order valence-corrected chi connectivity index (χ3v) is 6.21. The Morgan fingerprint density at radius 2 is 2.08 bits per heavy atom. The summed E-state index contributed by atoms with van der Waals surface area (Å²) in [7, 11) is -3.02. The Balaban J connectivity index is 1.63. The first-order valence-electron chi connectivity index (χ1n) is 7.83. The van der Waals surface area contributed by atoms with Crippen molar-refractivity contribution in [2.24, 2.45) is 0 Å². The van der Waals surface area contributed by atoms with Crippen molar-refractivity contribution in [2.45, 2.75) is 19.4 Å². The van der Waals surface area contributed by atoms with Crippen LogP contribution in [0.25, 0.3) is 0 Å². The first-order chi connectivity index (χ1) is 11.8. The van der Waals surface area contributed by atoms with Crippen LogP contribution in [-0.4, -0.2) is 36.9 Å². The standard InChI is InChI=1S/C17H18ClN3O3S/c1-11-2-4-13(8-15(11)18)20-16-5-3-12(9-19-16)17(22)21-14-6-7-25(23,24)10-14/h2-5,8-9,14H,6-7,10H2,1H3,(H,19,20)(H,21,22). The summed E-state index contributed by atoms with van der Waals surface area (Å²) < 4.78 is 22.9. The normalized spacial score (nSPS) is 18.7. The lowest BCUT2D eigenvalue weighted by molar-refractivity contribution is 0.0941. The van der Waals surface area contributed by atoms with E-state index in [0.717, 1.165) is 11.3 Å². The third kappa shape index (κ3) is 4.49. The van der Waals surface area contributed by atoms with E-state index in [1.165, 1.54) is 6.20 Å². The van der Waals surface area contributed by atoms with Crippen LogP contribution in [0.4, 0.5) is 11.5 Å². The Hall–Kier alpha value is -2.12. The summed E-state index contributed by atoms with van der Waals surface area (Å²) in [4.78, 5) is 16.4. The smallest absolute Gasteiger partial charge is 0.253 e. The fourth-order valence-electron chi connectivity index (χ4n) is 2.60. The molecule has 2 heterocycles. The molecule has 2 aromatic rings. The molecule has 1 amide bonds. The van der Waals surface area contributed by atoms with Gasteiger partial charge in [-0.25, -0.2) is 13.4 Å². The number of aryl methyl sites for hydroxylation is 1. The van der Waals surface area contributed by atoms with E-state index in [1.807, 2.05) is 19.1 Å². The van der Waals surface area contributed by atoms with Gasteiger partial charge in [0.05, 0.1) is 17.1 Å². The van der Waals surface area contributed by atoms with Crippen molar-refractivity contribution in [3.05, 3.63) is 52.7 Å². The molecule has 0 spiro atoms. The summed E-state index contributed by atoms with van der Waals surface area (Å²) in [5, 5.41) is 6.51. The van der Waals surface area contributed by atoms with Crippen molar-refractivity contribution < 1.29 is 13.2 Å². The Kier molecular flexibility index (Phi) is 4.96. The van der Waals surface area contributed by atoms with Gasteiger partial charge in [-0.3, -0.25) is 4.79 Å². The summed E-state index contributed by atoms with van der Waals surface area (Å²) in [6.45, 7) is 1.92. The van der Waals surface area contributed by atoms with Gasteiger partial charge in [-0.2, -0.15) is 0 Å². The zero-order valence-electron chi connectivity index (χ0n) is 13.6. The first kappa shape index (κ1) is 17.7. The van der Waals surface area contributed by atoms with Gasteiger partial charge in [0, 0.05) is 22.9 Å². The number of nitrogens with zero attached hydrogens (tertiary/aromatic N) is 1. The number of halogens is 1. The number of pyridine rings is 1. The number of amides is 1. The summed E-state index contributed by atoms with van der Waals surface area (Å²) >= 11 is 6.09. The van der Waals surface area contributed by atoms with Gasteiger partial charge in [-0.05, 0) is 43.2 Å². The molecule has 1 atom stereocenters. The fraction of sp³-hybridized carbons (Fsp3) is 0.294. The molecule has 6 nitrogen and oxygen atoms in total. The molecule has 2 N–H and O–H groups in total. The van der Waals surface area contributed by atoms with Gasteiger partial charge >= 0.3 is 0 Å². The molecule has 0 radical (unpaired) electrons. The largest absolute Gasteiger partial charge is 0.348 e. The number of hydrogen-bond acceptors (Lipinski definition) is 5. The van der Waals surface area contributed by atoms with Gasteiger partial charge in [0.25, 0.3) is 5.91 Å². The minimum Gasteiger partial charge on any atom is -0.348 e. The molecule has 0 saturated carbocycles. The predicted molar refractivity (Wildman–Crippen MR) is 98.2 cm³/mol. The molecule has 25 heavy (non-hydrogen) atoms. The average molecular weight is 380 g/mol. The fourth-order valence-corrected chi connectivity index (χ4v) is 4.45. The first-order valence-corrected chi connectivity index (χ1v) is 10.0. The Morgan fingerprint density at radius 3 is 2.68 bits per heavy atom. The molecule has 8 heteroatoms. The minimum atomic E-state index is -3.02. The van der Waals surface area contributed by atoms with Gasteiger partial charge in [-0.1, -0.05) is 17.7 Å². The maximum atomic E-state index is 12.2. The second-order valence-corrected chi connectivity index (χ2v) is 8.73. The van der Waals surface area contributed by atoms with Crippen molar-refractivity contribution in [2.75, 3.05) is 16.8 Å². The summed E-state index contributed by atoms with van der Waals surface area (Å²) in [5.41, 5.74) is 2.18. The lowest BCUT2D eigenvalue weighted by Crippen LogP contribution is -2.35. The van der Waals surface area contributed by atoms with Gasteiger partial charge in [0.1, 0.15) is 5.82 Å². The molecule has 3 rings (SSSR count). The lowest BCUT2D eigenvalue weighted by atomic mass is 10.2. The van der Waals surface area contributed by atoms with Crippen molar-refractivity contribution in [1.82, 2.24) is 10.3 Å². The van der Waals surface area contributed by atoms with Crippen LogP contribution in [0.3, 0.4) is 0 Å². The molecule has 0 aliphatic carbocycles. The molecule has 1 unspecified atom stereocenters. The average Bonchev–Trinajstić information content (AvgIpc) is 2.90. The second-order valence-electron chi connectivity index (χ2n) is 6.09. The number of sulfone groups is 1. The van der Waals surface area contributed by atoms with Gasteiger partial charge < -0.3 is 10.6 Å². The molecule has 1 fully saturated rings. The lowest BCUT2D eigenvalue weighted by Gasteiger charge is -2.11. The number of aromatic nitrogens is 1. The highest BCUT2D eigenvalue weighted by atomic mass is 35.5. The van der Waals surface area contributed by atoms with E-state index in [0.29, 0.717) is 22.8 Å². The van der Waals surface area contributed by atoms with Crippen LogP contribution >= 0.6 is 11.6 Å². The molecular formula is C17H18ClN3O3S. The molecular weight excluding hydrogens is 362 g/mol. The van der Waals surface area contributed by atoms with E-state index in [2.05, 4.69) is 15.6 Å². The van der Waals surface area contributed by atoms with Crippen LogP contribution in [-0.2, 0) is 9.84 Å². The zero-order chi connectivity index (χ0) is 18.0. The molecule has 1 aromatic carbocycles. The number of hydrogen-bond donors (Lipinski definition) is 2. The van der Waals surface area contributed by atoms with E-state index in [4.69, 9.17) is 11.6 Å². The second kappa shape index (κ2) is 7.01. The quantitative estimate of drug-likeness (QED) is 0.852. The van der Waals surface area contributed by atoms with Gasteiger partial charge in [0.15, 0.2) is 9.84 Å². The SMILES string of the molecule is Cc1ccc(Nc2ccc(C(=O)NC3CCS(=O)(=O)C3)cn2)cc1Cl. The van der Waals surface area contributed by atoms with E-state index in [-0.39, 0.29) is 23.5 Å². The third-order valence-electron chi connectivity index (χ3n) is 4.04. The van der Waals surface area contributed by atoms with Crippen molar-refractivity contribution in [3.63, 3.8) is 0 Å². The molecule has 0 bridgehead atoms. The van der Waals surface area contributed by atoms with Crippen molar-refractivity contribution >= 4 is 38.9 Å². The van der Waals surface area contributed by atoms with E-state index in [1.54, 1.807) is 18.2 Å². The van der Waals surface area contributed by atoms with Crippen LogP contribution in [0.1, 0.15) is 22.3 Å². The maximum Gasteiger partial charge on any atom is 0.253 e. The van der Waals surface area contributed by atoms with Crippen LogP contribution in [0.5, 0.6) is 0 Å². The van der Waals surface area contributed by atoms with Crippen LogP contribution in [0, 0.1) is 6.92 Å². The number of nitrogens with one attached hydrogen (secondary N) is 2. The highest BCUT2D eigenvalue weighted by Crippen LogP contribution is 2.22. The van der Waals surface area contributed by atoms with Crippen LogP contribution < -0.4 is 10.6 Å². The summed E-state index contributed by atoms with van der Waals surface area (Å²) in [5.74, 6) is 0.387. The predicted octanol–water partition coefficient (Wildman–Crippen LogP) is 2.70. The summed E-state index contributed by atoms with van der Waals surface area (Å²) in [6.07, 6.45) is 1.91. The van der Waals surface area contributed by atoms with Crippen molar-refractivity contribution in [1.29, 1.82) is 0 Å². The monoisotopic (exact) mass is 379 g/mol. The number of carbonyl (C=O) groups is 1. The van der Waals surface area contributed by atoms with Crippen LogP contribution in [0.15, 0.2) is 36.5 Å². The molecule has 132 valence electrons. The van der Waals surface area contributed by atoms with Gasteiger partial charge in [-0.15, -0.1) is 0 Å². The molecule has 1 aromatic heterocycles. The maximum absolute atomic E-state index is 12.2. The van der Waals surface area contributed by atoms with E-state index < -0.39 is 9.84 Å². The number of anilines is 2. The minimum absolute atomic E-state index is 0.00000895.